The third kappa shape index (κ3) is 6.40. The molecular weight excluding hydrogens is 372 g/mol. The summed E-state index contributed by atoms with van der Waals surface area (Å²) in [6.45, 7) is 6.47. The van der Waals surface area contributed by atoms with E-state index in [2.05, 4.69) is 0 Å². The van der Waals surface area contributed by atoms with Crippen LogP contribution in [0.5, 0.6) is 0 Å². The Labute approximate surface area is 171 Å². The van der Waals surface area contributed by atoms with Crippen molar-refractivity contribution in [3.63, 3.8) is 0 Å². The van der Waals surface area contributed by atoms with Gasteiger partial charge < -0.3 is 14.7 Å². The molecule has 2 rings (SSSR count). The first-order valence-corrected chi connectivity index (χ1v) is 9.81. The van der Waals surface area contributed by atoms with Gasteiger partial charge >= 0.3 is 5.97 Å². The van der Waals surface area contributed by atoms with Crippen LogP contribution in [-0.4, -0.2) is 53.0 Å². The van der Waals surface area contributed by atoms with Crippen molar-refractivity contribution in [2.75, 3.05) is 13.1 Å². The molecule has 1 unspecified atom stereocenters. The van der Waals surface area contributed by atoms with E-state index in [9.17, 15) is 19.5 Å². The Hall–Kier alpha value is -2.72. The van der Waals surface area contributed by atoms with Gasteiger partial charge in [0, 0.05) is 31.5 Å². The highest BCUT2D eigenvalue weighted by molar-refractivity contribution is 5.98. The molecule has 7 nitrogen and oxygen atoms in total. The number of carboxylic acid groups (broad SMARTS) is 1. The topological polar surface area (TPSA) is 108 Å². The summed E-state index contributed by atoms with van der Waals surface area (Å²) in [6.07, 6.45) is 0.320. The molecule has 1 N–H and O–H groups in total. The number of rotatable bonds is 7. The second-order valence-electron chi connectivity index (χ2n) is 8.41. The number of carbonyl (C=O) groups is 3. The lowest BCUT2D eigenvalue weighted by Crippen LogP contribution is -2.45. The average Bonchev–Trinajstić information content (AvgIpc) is 2.69. The molecule has 1 heterocycles. The van der Waals surface area contributed by atoms with Gasteiger partial charge in [-0.1, -0.05) is 32.9 Å². The monoisotopic (exact) mass is 400 g/mol. The van der Waals surface area contributed by atoms with Gasteiger partial charge in [-0.25, -0.2) is 4.79 Å². The van der Waals surface area contributed by atoms with Gasteiger partial charge in [0.2, 0.25) is 5.91 Å². The van der Waals surface area contributed by atoms with Crippen molar-refractivity contribution in [3.8, 4) is 6.07 Å². The molecule has 1 fully saturated rings. The maximum atomic E-state index is 12.4. The minimum Gasteiger partial charge on any atom is -0.479 e. The molecule has 1 aromatic rings. The predicted molar refractivity (Wildman–Crippen MR) is 106 cm³/mol. The zero-order valence-corrected chi connectivity index (χ0v) is 17.2. The third-order valence-corrected chi connectivity index (χ3v) is 5.04. The van der Waals surface area contributed by atoms with Gasteiger partial charge in [0.1, 0.15) is 0 Å². The minimum atomic E-state index is -0.975. The molecular formula is C22H28N2O5. The van der Waals surface area contributed by atoms with E-state index in [0.717, 1.165) is 0 Å². The Morgan fingerprint density at radius 1 is 1.17 bits per heavy atom. The maximum absolute atomic E-state index is 12.4. The number of nitrogens with zero attached hydrogens (tertiary/aromatic N) is 2. The number of hydrogen-bond acceptors (Lipinski definition) is 5. The van der Waals surface area contributed by atoms with Crippen LogP contribution in [0.3, 0.4) is 0 Å². The van der Waals surface area contributed by atoms with E-state index in [1.54, 1.807) is 29.2 Å². The highest BCUT2D eigenvalue weighted by Crippen LogP contribution is 2.26. The molecule has 0 aliphatic carbocycles. The summed E-state index contributed by atoms with van der Waals surface area (Å²) >= 11 is 0. The molecule has 29 heavy (non-hydrogen) atoms. The lowest BCUT2D eigenvalue weighted by atomic mass is 9.88. The summed E-state index contributed by atoms with van der Waals surface area (Å²) in [5, 5.41) is 18.2. The van der Waals surface area contributed by atoms with Crippen LogP contribution >= 0.6 is 0 Å². The number of nitriles is 1. The quantitative estimate of drug-likeness (QED) is 0.705. The second-order valence-corrected chi connectivity index (χ2v) is 8.41. The lowest BCUT2D eigenvalue weighted by molar-refractivity contribution is -0.167. The molecule has 156 valence electrons. The Balaban J connectivity index is 1.80. The number of Topliss-reactive ketones (excluding diaryl/α,β-unsaturated/α-hetero) is 1. The Bertz CT molecular complexity index is 781. The van der Waals surface area contributed by atoms with E-state index in [-0.39, 0.29) is 30.6 Å². The van der Waals surface area contributed by atoms with Gasteiger partial charge in [0.25, 0.3) is 0 Å². The molecule has 0 radical (unpaired) electrons. The molecule has 1 amide bonds. The fraction of sp³-hybridized carbons (Fsp3) is 0.545. The molecule has 1 aromatic carbocycles. The normalized spacial score (nSPS) is 16.1. The van der Waals surface area contributed by atoms with Crippen LogP contribution in [0.1, 0.15) is 62.4 Å². The van der Waals surface area contributed by atoms with Crippen molar-refractivity contribution in [2.24, 2.45) is 5.41 Å². The summed E-state index contributed by atoms with van der Waals surface area (Å²) in [4.78, 5) is 37.8. The first-order valence-electron chi connectivity index (χ1n) is 9.81. The third-order valence-electron chi connectivity index (χ3n) is 5.04. The number of amides is 1. The minimum absolute atomic E-state index is 0.0870. The molecule has 1 aliphatic heterocycles. The van der Waals surface area contributed by atoms with Crippen molar-refractivity contribution in [3.05, 3.63) is 35.4 Å². The first-order chi connectivity index (χ1) is 13.6. The van der Waals surface area contributed by atoms with Gasteiger partial charge in [-0.15, -0.1) is 0 Å². The highest BCUT2D eigenvalue weighted by atomic mass is 16.5. The number of ether oxygens (including phenoxy) is 1. The summed E-state index contributed by atoms with van der Waals surface area (Å²) in [7, 11) is 0. The van der Waals surface area contributed by atoms with Crippen LogP contribution in [0.15, 0.2) is 24.3 Å². The van der Waals surface area contributed by atoms with E-state index in [1.165, 1.54) is 0 Å². The van der Waals surface area contributed by atoms with Crippen molar-refractivity contribution in [1.82, 2.24) is 4.90 Å². The number of benzene rings is 1. The highest BCUT2D eigenvalue weighted by Gasteiger charge is 2.35. The van der Waals surface area contributed by atoms with Crippen LogP contribution in [0.2, 0.25) is 0 Å². The summed E-state index contributed by atoms with van der Waals surface area (Å²) in [5.74, 6) is -1.19. The van der Waals surface area contributed by atoms with Crippen molar-refractivity contribution in [2.45, 2.75) is 58.7 Å². The molecule has 7 heteroatoms. The van der Waals surface area contributed by atoms with Gasteiger partial charge in [-0.2, -0.15) is 5.26 Å². The number of likely N-dealkylation sites (tertiary alicyclic amines) is 1. The first kappa shape index (κ1) is 22.6. The standard InChI is InChI=1S/C22H28N2O5/c1-22(2,3)20(21(27)28)29-17-10-12-24(13-11-17)19(26)9-8-18(25)16-6-4-15(14-23)5-7-16/h4-7,17,20H,8-13H2,1-3H3,(H,27,28). The van der Waals surface area contributed by atoms with Crippen molar-refractivity contribution in [1.29, 1.82) is 5.26 Å². The Morgan fingerprint density at radius 3 is 2.24 bits per heavy atom. The molecule has 1 saturated heterocycles. The lowest BCUT2D eigenvalue weighted by Gasteiger charge is -2.36. The van der Waals surface area contributed by atoms with E-state index >= 15 is 0 Å². The smallest absolute Gasteiger partial charge is 0.333 e. The largest absolute Gasteiger partial charge is 0.479 e. The van der Waals surface area contributed by atoms with Gasteiger partial charge in [-0.3, -0.25) is 9.59 Å². The number of aliphatic carboxylic acids is 1. The van der Waals surface area contributed by atoms with Crippen LogP contribution in [-0.2, 0) is 14.3 Å². The molecule has 0 bridgehead atoms. The van der Waals surface area contributed by atoms with Gasteiger partial charge in [0.05, 0.1) is 17.7 Å². The van der Waals surface area contributed by atoms with E-state index in [4.69, 9.17) is 10.00 Å². The fourth-order valence-electron chi connectivity index (χ4n) is 3.32. The van der Waals surface area contributed by atoms with E-state index in [1.807, 2.05) is 26.8 Å². The fourth-order valence-corrected chi connectivity index (χ4v) is 3.32. The summed E-state index contributed by atoms with van der Waals surface area (Å²) < 4.78 is 5.81. The van der Waals surface area contributed by atoms with E-state index in [0.29, 0.717) is 37.1 Å². The summed E-state index contributed by atoms with van der Waals surface area (Å²) in [6, 6.07) is 8.37. The number of piperidine rings is 1. The van der Waals surface area contributed by atoms with Crippen molar-refractivity contribution >= 4 is 17.7 Å². The van der Waals surface area contributed by atoms with Gasteiger partial charge in [0.15, 0.2) is 11.9 Å². The molecule has 1 atom stereocenters. The number of carbonyl (C=O) groups excluding carboxylic acids is 2. The number of ketones is 1. The van der Waals surface area contributed by atoms with Crippen LogP contribution in [0.25, 0.3) is 0 Å². The van der Waals surface area contributed by atoms with Gasteiger partial charge in [-0.05, 0) is 30.4 Å². The zero-order valence-electron chi connectivity index (χ0n) is 17.2. The molecule has 0 aromatic heterocycles. The Kier molecular flexibility index (Phi) is 7.52. The Morgan fingerprint density at radius 2 is 1.76 bits per heavy atom. The predicted octanol–water partition coefficient (Wildman–Crippen LogP) is 3.03. The van der Waals surface area contributed by atoms with Crippen LogP contribution in [0, 0.1) is 16.7 Å². The average molecular weight is 400 g/mol. The number of hydrogen-bond donors (Lipinski definition) is 1. The second kappa shape index (κ2) is 9.66. The molecule has 0 saturated carbocycles. The SMILES string of the molecule is CC(C)(C)C(OC1CCN(C(=O)CCC(=O)c2ccc(C#N)cc2)CC1)C(=O)O. The molecule has 1 aliphatic rings. The zero-order chi connectivity index (χ0) is 21.6. The van der Waals surface area contributed by atoms with E-state index < -0.39 is 17.5 Å². The number of carboxylic acids is 1. The maximum Gasteiger partial charge on any atom is 0.333 e. The van der Waals surface area contributed by atoms with Crippen LogP contribution in [0.4, 0.5) is 0 Å². The molecule has 0 spiro atoms. The van der Waals surface area contributed by atoms with Crippen molar-refractivity contribution < 1.29 is 24.2 Å². The summed E-state index contributed by atoms with van der Waals surface area (Å²) in [5.41, 5.74) is 0.468. The van der Waals surface area contributed by atoms with Crippen LogP contribution < -0.4 is 0 Å².